The lowest BCUT2D eigenvalue weighted by molar-refractivity contribution is -0.137. The Bertz CT molecular complexity index is 1060. The standard InChI is InChI=1S/C19H14ClF3N2O3/c1-25-9-13(12-4-2-3-5-16(12)25)18(27)28-10-17(26)24-15-7-6-11(20)8-14(15)19(21,22)23/h2-9H,10H2,1H3,(H,24,26). The van der Waals surface area contributed by atoms with Gasteiger partial charge in [-0.15, -0.1) is 0 Å². The molecule has 0 radical (unpaired) electrons. The number of alkyl halides is 3. The predicted octanol–water partition coefficient (Wildman–Crippen LogP) is 4.65. The number of aromatic nitrogens is 1. The SMILES string of the molecule is Cn1cc(C(=O)OCC(=O)Nc2ccc(Cl)cc2C(F)(F)F)c2ccccc21. The zero-order valence-electron chi connectivity index (χ0n) is 14.5. The van der Waals surface area contributed by atoms with Gasteiger partial charge in [0.25, 0.3) is 5.91 Å². The Kier molecular flexibility index (Phi) is 5.33. The van der Waals surface area contributed by atoms with Crippen molar-refractivity contribution in [1.82, 2.24) is 4.57 Å². The number of aryl methyl sites for hydroxylation is 1. The molecule has 0 bridgehead atoms. The van der Waals surface area contributed by atoms with Crippen LogP contribution in [0.25, 0.3) is 10.9 Å². The van der Waals surface area contributed by atoms with Gasteiger partial charge in [-0.05, 0) is 24.3 Å². The molecule has 146 valence electrons. The lowest BCUT2D eigenvalue weighted by Gasteiger charge is -2.14. The Labute approximate surface area is 162 Å². The fraction of sp³-hybridized carbons (Fsp3) is 0.158. The van der Waals surface area contributed by atoms with Gasteiger partial charge in [-0.1, -0.05) is 29.8 Å². The topological polar surface area (TPSA) is 60.3 Å². The minimum absolute atomic E-state index is 0.118. The highest BCUT2D eigenvalue weighted by molar-refractivity contribution is 6.30. The van der Waals surface area contributed by atoms with Crippen molar-refractivity contribution < 1.29 is 27.5 Å². The van der Waals surface area contributed by atoms with Gasteiger partial charge in [0.05, 0.1) is 16.8 Å². The second kappa shape index (κ2) is 7.55. The third-order valence-electron chi connectivity index (χ3n) is 4.01. The molecule has 0 saturated carbocycles. The number of anilines is 1. The van der Waals surface area contributed by atoms with Crippen molar-refractivity contribution >= 4 is 40.1 Å². The fourth-order valence-corrected chi connectivity index (χ4v) is 2.93. The summed E-state index contributed by atoms with van der Waals surface area (Å²) in [5.41, 5.74) is -0.500. The van der Waals surface area contributed by atoms with Gasteiger partial charge in [0.15, 0.2) is 6.61 Å². The van der Waals surface area contributed by atoms with Crippen molar-refractivity contribution in [2.24, 2.45) is 7.05 Å². The van der Waals surface area contributed by atoms with Crippen molar-refractivity contribution in [1.29, 1.82) is 0 Å². The number of fused-ring (bicyclic) bond motifs is 1. The molecule has 5 nitrogen and oxygen atoms in total. The van der Waals surface area contributed by atoms with Gasteiger partial charge in [0.2, 0.25) is 0 Å². The smallest absolute Gasteiger partial charge is 0.418 e. The maximum absolute atomic E-state index is 13.1. The lowest BCUT2D eigenvalue weighted by atomic mass is 10.1. The van der Waals surface area contributed by atoms with Gasteiger partial charge in [0, 0.05) is 29.2 Å². The van der Waals surface area contributed by atoms with Crippen molar-refractivity contribution in [3.8, 4) is 0 Å². The van der Waals surface area contributed by atoms with Crippen molar-refractivity contribution in [3.05, 3.63) is 64.8 Å². The van der Waals surface area contributed by atoms with E-state index in [4.69, 9.17) is 16.3 Å². The third kappa shape index (κ3) is 4.12. The Hall–Kier alpha value is -3.00. The number of ether oxygens (including phenoxy) is 1. The molecule has 0 saturated heterocycles. The normalized spacial score (nSPS) is 11.5. The van der Waals surface area contributed by atoms with Crippen LogP contribution < -0.4 is 5.32 Å². The van der Waals surface area contributed by atoms with E-state index in [1.54, 1.807) is 29.9 Å². The first-order valence-electron chi connectivity index (χ1n) is 8.04. The van der Waals surface area contributed by atoms with Gasteiger partial charge in [-0.3, -0.25) is 4.79 Å². The summed E-state index contributed by atoms with van der Waals surface area (Å²) >= 11 is 5.60. The number of nitrogens with one attached hydrogen (secondary N) is 1. The van der Waals surface area contributed by atoms with Gasteiger partial charge in [-0.25, -0.2) is 4.79 Å². The molecule has 0 fully saturated rings. The Morgan fingerprint density at radius 2 is 1.89 bits per heavy atom. The van der Waals surface area contributed by atoms with E-state index in [2.05, 4.69) is 5.32 Å². The number of para-hydroxylation sites is 1. The average molecular weight is 411 g/mol. The molecule has 2 aromatic carbocycles. The predicted molar refractivity (Wildman–Crippen MR) is 98.3 cm³/mol. The minimum atomic E-state index is -4.70. The van der Waals surface area contributed by atoms with Gasteiger partial charge < -0.3 is 14.6 Å². The van der Waals surface area contributed by atoms with Crippen molar-refractivity contribution in [2.45, 2.75) is 6.18 Å². The Balaban J connectivity index is 1.70. The molecule has 3 rings (SSSR count). The number of carbonyl (C=O) groups excluding carboxylic acids is 2. The molecule has 0 spiro atoms. The van der Waals surface area contributed by atoms with E-state index in [-0.39, 0.29) is 10.6 Å². The van der Waals surface area contributed by atoms with Gasteiger partial charge >= 0.3 is 12.1 Å². The number of amides is 1. The quantitative estimate of drug-likeness (QED) is 0.637. The molecule has 0 atom stereocenters. The zero-order chi connectivity index (χ0) is 20.5. The van der Waals surface area contributed by atoms with E-state index in [0.717, 1.165) is 11.6 Å². The van der Waals surface area contributed by atoms with E-state index in [1.165, 1.54) is 6.07 Å². The zero-order valence-corrected chi connectivity index (χ0v) is 15.3. The Morgan fingerprint density at radius 1 is 1.18 bits per heavy atom. The minimum Gasteiger partial charge on any atom is -0.452 e. The number of halogens is 4. The molecule has 1 aromatic heterocycles. The number of hydrogen-bond acceptors (Lipinski definition) is 3. The molecule has 0 aliphatic rings. The number of nitrogens with zero attached hydrogens (tertiary/aromatic N) is 1. The fourth-order valence-electron chi connectivity index (χ4n) is 2.76. The summed E-state index contributed by atoms with van der Waals surface area (Å²) in [7, 11) is 1.75. The van der Waals surface area contributed by atoms with Crippen LogP contribution in [0.3, 0.4) is 0 Å². The maximum atomic E-state index is 13.1. The highest BCUT2D eigenvalue weighted by atomic mass is 35.5. The summed E-state index contributed by atoms with van der Waals surface area (Å²) < 4.78 is 45.9. The van der Waals surface area contributed by atoms with Crippen molar-refractivity contribution in [3.63, 3.8) is 0 Å². The third-order valence-corrected chi connectivity index (χ3v) is 4.25. The number of carbonyl (C=O) groups is 2. The number of esters is 1. The van der Waals surface area contributed by atoms with Crippen LogP contribution in [0.4, 0.5) is 18.9 Å². The number of hydrogen-bond donors (Lipinski definition) is 1. The molecule has 3 aromatic rings. The molecule has 1 heterocycles. The molecule has 1 amide bonds. The number of rotatable bonds is 4. The van der Waals surface area contributed by atoms with Crippen LogP contribution in [0.1, 0.15) is 15.9 Å². The molecule has 0 aliphatic carbocycles. The molecular formula is C19H14ClF3N2O3. The molecule has 0 unspecified atom stereocenters. The first-order chi connectivity index (χ1) is 13.2. The van der Waals surface area contributed by atoms with Gasteiger partial charge in [-0.2, -0.15) is 13.2 Å². The van der Waals surface area contributed by atoms with Crippen LogP contribution in [-0.2, 0) is 22.8 Å². The first kappa shape index (κ1) is 19.8. The second-order valence-corrected chi connectivity index (χ2v) is 6.42. The Morgan fingerprint density at radius 3 is 2.61 bits per heavy atom. The highest BCUT2D eigenvalue weighted by Gasteiger charge is 2.34. The van der Waals surface area contributed by atoms with E-state index in [0.29, 0.717) is 11.5 Å². The summed E-state index contributed by atoms with van der Waals surface area (Å²) in [4.78, 5) is 24.3. The van der Waals surface area contributed by atoms with E-state index in [9.17, 15) is 22.8 Å². The van der Waals surface area contributed by atoms with Gasteiger partial charge in [0.1, 0.15) is 0 Å². The molecule has 1 N–H and O–H groups in total. The van der Waals surface area contributed by atoms with E-state index >= 15 is 0 Å². The van der Waals surface area contributed by atoms with Crippen molar-refractivity contribution in [2.75, 3.05) is 11.9 Å². The second-order valence-electron chi connectivity index (χ2n) is 5.98. The first-order valence-corrected chi connectivity index (χ1v) is 8.42. The summed E-state index contributed by atoms with van der Waals surface area (Å²) in [6.45, 7) is -0.734. The molecule has 0 aliphatic heterocycles. The summed E-state index contributed by atoms with van der Waals surface area (Å²) in [5.74, 6) is -1.65. The number of benzene rings is 2. The van der Waals surface area contributed by atoms with Crippen LogP contribution in [0.2, 0.25) is 5.02 Å². The summed E-state index contributed by atoms with van der Waals surface area (Å²) in [6, 6.07) is 10.1. The highest BCUT2D eigenvalue weighted by Crippen LogP contribution is 2.36. The van der Waals surface area contributed by atoms with Crippen LogP contribution in [0, 0.1) is 0 Å². The monoisotopic (exact) mass is 410 g/mol. The summed E-state index contributed by atoms with van der Waals surface area (Å²) in [6.07, 6.45) is -3.14. The van der Waals surface area contributed by atoms with Crippen LogP contribution in [0.5, 0.6) is 0 Å². The lowest BCUT2D eigenvalue weighted by Crippen LogP contribution is -2.22. The molecule has 9 heteroatoms. The van der Waals surface area contributed by atoms with Crippen LogP contribution in [-0.4, -0.2) is 23.1 Å². The van der Waals surface area contributed by atoms with E-state index in [1.807, 2.05) is 12.1 Å². The van der Waals surface area contributed by atoms with Crippen LogP contribution in [0.15, 0.2) is 48.7 Å². The summed E-state index contributed by atoms with van der Waals surface area (Å²) in [5, 5.41) is 2.62. The molecule has 28 heavy (non-hydrogen) atoms. The molecular weight excluding hydrogens is 397 g/mol. The maximum Gasteiger partial charge on any atom is 0.418 e. The average Bonchev–Trinajstić information content (AvgIpc) is 2.98. The van der Waals surface area contributed by atoms with E-state index < -0.39 is 35.9 Å². The van der Waals surface area contributed by atoms with Crippen LogP contribution >= 0.6 is 11.6 Å². The largest absolute Gasteiger partial charge is 0.452 e.